The molecular weight excluding hydrogens is 310 g/mol. The lowest BCUT2D eigenvalue weighted by Gasteiger charge is -2.07. The van der Waals surface area contributed by atoms with E-state index in [1.807, 2.05) is 48.0 Å². The molecule has 0 N–H and O–H groups in total. The van der Waals surface area contributed by atoms with Gasteiger partial charge in [0.25, 0.3) is 0 Å². The van der Waals surface area contributed by atoms with Crippen LogP contribution in [-0.2, 0) is 7.05 Å². The maximum Gasteiger partial charge on any atom is 0.0742 e. The van der Waals surface area contributed by atoms with Crippen LogP contribution in [0, 0.1) is 0 Å². The Bertz CT molecular complexity index is 779. The Balaban J connectivity index is 2.44. The van der Waals surface area contributed by atoms with Crippen molar-refractivity contribution in [3.8, 4) is 11.3 Å². The second-order valence-corrected chi connectivity index (χ2v) is 5.36. The summed E-state index contributed by atoms with van der Waals surface area (Å²) >= 11 is 10.1. The Labute approximate surface area is 121 Å². The molecule has 0 bridgehead atoms. The zero-order valence-electron chi connectivity index (χ0n) is 10.7. The van der Waals surface area contributed by atoms with Gasteiger partial charge in [0, 0.05) is 28.0 Å². The van der Waals surface area contributed by atoms with E-state index in [-0.39, 0.29) is 0 Å². The van der Waals surface area contributed by atoms with Gasteiger partial charge in [0.15, 0.2) is 0 Å². The molecule has 1 nitrogen and oxygen atoms in total. The molecule has 0 aliphatic heterocycles. The van der Waals surface area contributed by atoms with Crippen LogP contribution in [-0.4, -0.2) is 4.57 Å². The molecule has 18 heavy (non-hydrogen) atoms. The zero-order chi connectivity index (χ0) is 13.6. The summed E-state index contributed by atoms with van der Waals surface area (Å²) in [7, 11) is 1.97. The van der Waals surface area contributed by atoms with Gasteiger partial charge in [-0.2, -0.15) is 0 Å². The maximum atomic E-state index is 8.02. The van der Waals surface area contributed by atoms with E-state index in [0.717, 1.165) is 26.6 Å². The molecule has 0 aliphatic carbocycles. The lowest BCUT2D eigenvalue weighted by molar-refractivity contribution is 0.977. The molecule has 1 heterocycles. The molecule has 0 saturated heterocycles. The second kappa shape index (κ2) is 4.45. The van der Waals surface area contributed by atoms with Gasteiger partial charge >= 0.3 is 0 Å². The number of hydrogen-bond donors (Lipinski definition) is 0. The quantitative estimate of drug-likeness (QED) is 0.576. The van der Waals surface area contributed by atoms with Crippen LogP contribution in [0.3, 0.4) is 0 Å². The minimum Gasteiger partial charge on any atom is -0.342 e. The number of aryl methyl sites for hydroxylation is 1. The van der Waals surface area contributed by atoms with Gasteiger partial charge in [-0.15, -0.1) is 0 Å². The molecule has 3 heteroatoms. The molecule has 3 rings (SSSR count). The van der Waals surface area contributed by atoms with Crippen LogP contribution in [0.25, 0.3) is 22.2 Å². The van der Waals surface area contributed by atoms with Gasteiger partial charge < -0.3 is 4.57 Å². The first-order chi connectivity index (χ1) is 9.11. The van der Waals surface area contributed by atoms with E-state index in [1.54, 1.807) is 6.07 Å². The normalized spacial score (nSPS) is 11.8. The molecule has 90 valence electrons. The topological polar surface area (TPSA) is 4.93 Å². The number of halogens is 2. The van der Waals surface area contributed by atoms with E-state index in [9.17, 15) is 0 Å². The van der Waals surface area contributed by atoms with Crippen molar-refractivity contribution >= 4 is 38.4 Å². The highest BCUT2D eigenvalue weighted by Crippen LogP contribution is 2.39. The number of benzene rings is 2. The van der Waals surface area contributed by atoms with E-state index in [2.05, 4.69) is 15.9 Å². The Morgan fingerprint density at radius 2 is 1.89 bits per heavy atom. The molecule has 0 atom stereocenters. The molecule has 0 saturated carbocycles. The molecular formula is C15H11BrClN. The molecule has 0 spiro atoms. The summed E-state index contributed by atoms with van der Waals surface area (Å²) in [5, 5.41) is 1.44. The number of para-hydroxylation sites is 1. The van der Waals surface area contributed by atoms with Crippen molar-refractivity contribution in [3.63, 3.8) is 0 Å². The maximum absolute atomic E-state index is 8.02. The monoisotopic (exact) mass is 320 g/mol. The highest BCUT2D eigenvalue weighted by Gasteiger charge is 2.16. The van der Waals surface area contributed by atoms with Crippen LogP contribution < -0.4 is 0 Å². The van der Waals surface area contributed by atoms with E-state index < -0.39 is 0 Å². The molecule has 0 radical (unpaired) electrons. The van der Waals surface area contributed by atoms with Crippen molar-refractivity contribution in [2.24, 2.45) is 7.05 Å². The first-order valence-electron chi connectivity index (χ1n) is 6.09. The summed E-state index contributed by atoms with van der Waals surface area (Å²) < 4.78 is 11.1. The highest BCUT2D eigenvalue weighted by atomic mass is 79.9. The largest absolute Gasteiger partial charge is 0.342 e. The first-order valence-corrected chi connectivity index (χ1v) is 6.76. The molecule has 1 aromatic heterocycles. The predicted octanol–water partition coefficient (Wildman–Crippen LogP) is 5.26. The van der Waals surface area contributed by atoms with Crippen LogP contribution in [0.4, 0.5) is 0 Å². The third kappa shape index (κ3) is 1.68. The summed E-state index contributed by atoms with van der Waals surface area (Å²) in [5.74, 6) is 0. The van der Waals surface area contributed by atoms with Crippen molar-refractivity contribution in [2.45, 2.75) is 0 Å². The minimum atomic E-state index is 0.455. The fourth-order valence-electron chi connectivity index (χ4n) is 2.22. The number of fused-ring (bicyclic) bond motifs is 1. The Hall–Kier alpha value is -1.25. The third-order valence-electron chi connectivity index (χ3n) is 3.09. The van der Waals surface area contributed by atoms with E-state index in [0.29, 0.717) is 11.1 Å². The van der Waals surface area contributed by atoms with Gasteiger partial charge in [0.2, 0.25) is 0 Å². The zero-order valence-corrected chi connectivity index (χ0v) is 12.1. The molecule has 0 aliphatic rings. The average molecular weight is 322 g/mol. The summed E-state index contributed by atoms with van der Waals surface area (Å²) in [6.45, 7) is 0. The fourth-order valence-corrected chi connectivity index (χ4v) is 3.07. The minimum absolute atomic E-state index is 0.455. The second-order valence-electron chi connectivity index (χ2n) is 4.13. The summed E-state index contributed by atoms with van der Waals surface area (Å²) in [6.07, 6.45) is 0. The van der Waals surface area contributed by atoms with Crippen LogP contribution in [0.15, 0.2) is 53.0 Å². The van der Waals surface area contributed by atoms with Crippen molar-refractivity contribution < 1.29 is 1.37 Å². The fraction of sp³-hybridized carbons (Fsp3) is 0.0667. The van der Waals surface area contributed by atoms with E-state index >= 15 is 0 Å². The van der Waals surface area contributed by atoms with Gasteiger partial charge in [-0.05, 0) is 12.1 Å². The number of rotatable bonds is 1. The van der Waals surface area contributed by atoms with E-state index in [1.165, 1.54) is 0 Å². The van der Waals surface area contributed by atoms with Crippen LogP contribution >= 0.6 is 27.5 Å². The van der Waals surface area contributed by atoms with Gasteiger partial charge in [0.05, 0.1) is 12.1 Å². The SMILES string of the molecule is [2H]c1cccc2c1c(Cl)c(-c1ccccc1Br)n2C. The van der Waals surface area contributed by atoms with Gasteiger partial charge in [-0.3, -0.25) is 0 Å². The standard InChI is InChI=1S/C15H11BrClN/c1-18-13-9-5-3-7-11(13)14(17)15(18)10-6-2-4-8-12(10)16/h2-9H,1H3/i7D. The van der Waals surface area contributed by atoms with Gasteiger partial charge in [-0.25, -0.2) is 0 Å². The van der Waals surface area contributed by atoms with Crippen LogP contribution in [0.1, 0.15) is 1.37 Å². The van der Waals surface area contributed by atoms with E-state index in [4.69, 9.17) is 13.0 Å². The summed E-state index contributed by atoms with van der Waals surface area (Å²) in [6, 6.07) is 14.0. The third-order valence-corrected chi connectivity index (χ3v) is 4.15. The van der Waals surface area contributed by atoms with Crippen molar-refractivity contribution in [3.05, 3.63) is 58.0 Å². The summed E-state index contributed by atoms with van der Waals surface area (Å²) in [4.78, 5) is 0. The van der Waals surface area contributed by atoms with Crippen LogP contribution in [0.5, 0.6) is 0 Å². The molecule has 0 unspecified atom stereocenters. The lowest BCUT2D eigenvalue weighted by atomic mass is 10.1. The smallest absolute Gasteiger partial charge is 0.0742 e. The van der Waals surface area contributed by atoms with Gasteiger partial charge in [-0.1, -0.05) is 63.9 Å². The average Bonchev–Trinajstić information content (AvgIpc) is 2.64. The molecule has 2 aromatic carbocycles. The Kier molecular flexibility index (Phi) is 2.63. The van der Waals surface area contributed by atoms with Gasteiger partial charge in [0.1, 0.15) is 0 Å². The predicted molar refractivity (Wildman–Crippen MR) is 81.1 cm³/mol. The summed E-state index contributed by atoms with van der Waals surface area (Å²) in [5.41, 5.74) is 2.94. The molecule has 3 aromatic rings. The van der Waals surface area contributed by atoms with Crippen molar-refractivity contribution in [2.75, 3.05) is 0 Å². The van der Waals surface area contributed by atoms with Crippen LogP contribution in [0.2, 0.25) is 5.02 Å². The number of hydrogen-bond acceptors (Lipinski definition) is 0. The lowest BCUT2D eigenvalue weighted by Crippen LogP contribution is -1.92. The molecule has 0 amide bonds. The number of aromatic nitrogens is 1. The first kappa shape index (κ1) is 10.7. The van der Waals surface area contributed by atoms with Crippen molar-refractivity contribution in [1.29, 1.82) is 0 Å². The molecule has 0 fully saturated rings. The number of nitrogens with zero attached hydrogens (tertiary/aromatic N) is 1. The Morgan fingerprint density at radius 1 is 1.17 bits per heavy atom. The van der Waals surface area contributed by atoms with Crippen molar-refractivity contribution in [1.82, 2.24) is 4.57 Å². The Morgan fingerprint density at radius 3 is 2.61 bits per heavy atom. The highest BCUT2D eigenvalue weighted by molar-refractivity contribution is 9.10.